The Balaban J connectivity index is 0. The summed E-state index contributed by atoms with van der Waals surface area (Å²) in [5.74, 6) is 8.03. The van der Waals surface area contributed by atoms with E-state index in [0.29, 0.717) is 42.4 Å². The van der Waals surface area contributed by atoms with Crippen molar-refractivity contribution >= 4 is 105 Å². The first kappa shape index (κ1) is 109. The Morgan fingerprint density at radius 3 is 1.35 bits per heavy atom. The summed E-state index contributed by atoms with van der Waals surface area (Å²) < 4.78 is 30.2. The topological polar surface area (TPSA) is 161 Å². The molecule has 0 aromatic heterocycles. The monoisotopic (exact) mass is 1700 g/mol. The van der Waals surface area contributed by atoms with Crippen LogP contribution in [0.25, 0.3) is 28.2 Å². The fourth-order valence-electron chi connectivity index (χ4n) is 13.5. The van der Waals surface area contributed by atoms with E-state index in [0.717, 1.165) is 84.0 Å². The number of phenolic OH excluding ortho intramolecular Hbond substituents is 2. The predicted octanol–water partition coefficient (Wildman–Crippen LogP) is 17.5. The maximum Gasteiger partial charge on any atom is 1.00 e. The van der Waals surface area contributed by atoms with Gasteiger partial charge in [0.05, 0.1) is 11.1 Å². The summed E-state index contributed by atoms with van der Waals surface area (Å²) in [6, 6.07) is 29.2. The van der Waals surface area contributed by atoms with Gasteiger partial charge in [-0.1, -0.05) is 204 Å². The molecule has 0 radical (unpaired) electrons. The van der Waals surface area contributed by atoms with Gasteiger partial charge >= 0.3 is 101 Å². The number of fused-ring (bicyclic) bond motifs is 6. The summed E-state index contributed by atoms with van der Waals surface area (Å²) in [7, 11) is 2.07. The number of allylic oxidation sites excluding steroid dienone is 7. The molecule has 2 unspecified atom stereocenters. The van der Waals surface area contributed by atoms with Crippen molar-refractivity contribution < 1.29 is 117 Å². The van der Waals surface area contributed by atoms with Crippen LogP contribution in [0.3, 0.4) is 0 Å². The molecule has 0 bridgehead atoms. The van der Waals surface area contributed by atoms with Gasteiger partial charge in [-0.3, -0.25) is 9.59 Å². The van der Waals surface area contributed by atoms with Gasteiger partial charge in [-0.15, -0.1) is 34.3 Å². The van der Waals surface area contributed by atoms with Gasteiger partial charge in [-0.05, 0) is 169 Å². The second kappa shape index (κ2) is 51.1. The number of Topliss-reactive ketones (excluding diaryl/α,β-unsaturated/α-hetero) is 2. The molecule has 0 spiro atoms. The standard InChI is InChI=1S/C15H26NOSi.C15H23NOSi.C15H22NOSi.C15H22O2Si.C9H8O2.C9H8O.C4H8O.C4H9.CH2Cl2.CH3.2ClH.3Li.Ti.H/c3*1-15(2,3)16-18(4,5)17-14-11-7-9-12-8-6-10-13(12)14;1-15(2,3)18(4,5)17-14-8-6-7-11-12(14)9-10-13(11)16;10-8-3-1-2-6-7(8)4-5-9(6)11;10-9-6-2-4-7-3-1-5-8(7)9;1-2-4-5-3-1;1-4(2)3;2-1-3;;;;;;;;/h7,9,11-13H,6,8,10H2,1-5H3;6-9,11,16H,10H2,1-5H3;6-9,11H,10H2,1-5H3;6-8H,9-10H2,1-5H3;1-3,10H,4-5H2;1-4,6,10H,5H2;1-4H2;1-3H3;1H2;1H3;2*1H;;;;;/q-1;;-1;;;;;-1;;-1;;;3*+1;+2;-1/p-2. The summed E-state index contributed by atoms with van der Waals surface area (Å²) in [4.78, 5) is 36.2. The van der Waals surface area contributed by atoms with E-state index >= 15 is 0 Å². The number of alkyl halides is 2. The van der Waals surface area contributed by atoms with Gasteiger partial charge < -0.3 is 62.4 Å². The average molecular weight is 1700 g/mol. The Kier molecular flexibility index (Phi) is 49.8. The summed E-state index contributed by atoms with van der Waals surface area (Å²) in [6.07, 6.45) is 31.5. The Bertz CT molecular complexity index is 3750. The SMILES string of the molecule is C1CCOC1.CC(C)(C)N[Si](C)(C)Oc1cccc2c1CC=C2.CC(C)(C)[N-][Si](C)(C)OC1=CC=CC2CCCC12.CC(C)(C)[N-][Si](C)(C)Oc1cccc2c1CC=C2.CC(C)(C)[Si](C)(C)Oc1cccc2c1CCC2=O.C[C-](C)C.ClCCl.O=C1CCc2c(O)cccc21.Oc1cccc2c1CC=C2.[CH3-].[Cl][Ti][Cl].[H-].[Li+].[Li+].[Li+]. The molecule has 1 saturated carbocycles. The number of carbonyl (C=O) groups is 2. The smallest absolute Gasteiger partial charge is 1.00 e. The second-order valence-electron chi connectivity index (χ2n) is 34.4. The Hall–Kier alpha value is -2.69. The van der Waals surface area contributed by atoms with Crippen LogP contribution in [0.4, 0.5) is 0 Å². The number of rotatable bonds is 11. The molecule has 8 aliphatic rings. The molecule has 2 fully saturated rings. The van der Waals surface area contributed by atoms with Crippen molar-refractivity contribution in [3.05, 3.63) is 212 Å². The fourth-order valence-corrected chi connectivity index (χ4v) is 22.0. The van der Waals surface area contributed by atoms with E-state index in [4.69, 9.17) is 74.2 Å². The fraction of sp³-hybridized carbons (Fsp3) is 0.500. The van der Waals surface area contributed by atoms with Crippen molar-refractivity contribution in [1.29, 1.82) is 0 Å². The van der Waals surface area contributed by atoms with Crippen LogP contribution in [-0.4, -0.2) is 90.7 Å². The number of ketones is 2. The molecular weight excluding hydrogens is 1570 g/mol. The van der Waals surface area contributed by atoms with E-state index in [-0.39, 0.29) is 110 Å². The van der Waals surface area contributed by atoms with E-state index in [1.807, 2.05) is 36.4 Å². The van der Waals surface area contributed by atoms with Crippen molar-refractivity contribution in [2.24, 2.45) is 11.8 Å². The van der Waals surface area contributed by atoms with Crippen molar-refractivity contribution in [2.75, 3.05) is 18.6 Å². The summed E-state index contributed by atoms with van der Waals surface area (Å²) in [5, 5.41) is 19.0. The molecule has 112 heavy (non-hydrogen) atoms. The zero-order valence-electron chi connectivity index (χ0n) is 74.3. The largest absolute Gasteiger partial charge is 1.00 e. The number of phenols is 2. The third-order valence-corrected chi connectivity index (χ3v) is 28.3. The Morgan fingerprint density at radius 2 is 0.929 bits per heavy atom. The van der Waals surface area contributed by atoms with E-state index in [9.17, 15) is 19.8 Å². The molecule has 1 heterocycles. The molecular formula is C88H132Cl4Li3N3O9Si4Ti-2. The van der Waals surface area contributed by atoms with Gasteiger partial charge in [0.1, 0.15) is 45.7 Å². The molecule has 1 aliphatic heterocycles. The zero-order chi connectivity index (χ0) is 81.1. The number of nitrogens with one attached hydrogen (secondary N) is 1. The minimum Gasteiger partial charge on any atom is -1.00 e. The van der Waals surface area contributed by atoms with Crippen molar-refractivity contribution in [1.82, 2.24) is 4.98 Å². The average Bonchev–Trinajstić information content (AvgIpc) is 1.78. The minimum absolute atomic E-state index is 0. The van der Waals surface area contributed by atoms with Crippen molar-refractivity contribution in [3.63, 3.8) is 0 Å². The van der Waals surface area contributed by atoms with E-state index in [1.54, 1.807) is 24.3 Å². The molecule has 5 aromatic rings. The Morgan fingerprint density at radius 1 is 0.545 bits per heavy atom. The number of benzene rings is 5. The molecule has 2 atom stereocenters. The predicted molar refractivity (Wildman–Crippen MR) is 475 cm³/mol. The van der Waals surface area contributed by atoms with Crippen molar-refractivity contribution in [2.45, 2.75) is 255 Å². The molecule has 3 N–H and O–H groups in total. The van der Waals surface area contributed by atoms with Crippen LogP contribution in [0.2, 0.25) is 57.4 Å². The van der Waals surface area contributed by atoms with Crippen LogP contribution in [0.15, 0.2) is 133 Å². The third-order valence-electron chi connectivity index (χ3n) is 18.0. The van der Waals surface area contributed by atoms with Crippen LogP contribution in [-0.2, 0) is 58.3 Å². The molecule has 5 aromatic carbocycles. The van der Waals surface area contributed by atoms with Gasteiger partial charge in [0, 0.05) is 76.5 Å². The zero-order valence-corrected chi connectivity index (χ0v) is 81.9. The number of nitrogens with zero attached hydrogens (tertiary/aromatic N) is 2. The molecule has 606 valence electrons. The first-order valence-corrected chi connectivity index (χ1v) is 55.0. The third kappa shape index (κ3) is 39.5. The minimum atomic E-state index is -2.03. The maximum absolute atomic E-state index is 11.7. The Labute approximate surface area is 746 Å². The normalized spacial score (nSPS) is 16.1. The van der Waals surface area contributed by atoms with Gasteiger partial charge in [0.15, 0.2) is 11.6 Å². The number of halogens is 4. The van der Waals surface area contributed by atoms with Crippen LogP contribution in [0.5, 0.6) is 28.7 Å². The van der Waals surface area contributed by atoms with E-state index < -0.39 is 50.8 Å². The van der Waals surface area contributed by atoms with Crippen LogP contribution in [0, 0.1) is 25.2 Å². The van der Waals surface area contributed by atoms with Crippen LogP contribution < -0.4 is 74.8 Å². The summed E-state index contributed by atoms with van der Waals surface area (Å²) in [5.41, 5.74) is 11.0. The van der Waals surface area contributed by atoms with E-state index in [2.05, 4.69) is 246 Å². The van der Waals surface area contributed by atoms with Crippen molar-refractivity contribution in [3.8, 4) is 28.7 Å². The summed E-state index contributed by atoms with van der Waals surface area (Å²) >= 11 is 8.97. The van der Waals surface area contributed by atoms with Gasteiger partial charge in [0.2, 0.25) is 8.32 Å². The molecule has 1 saturated heterocycles. The first-order valence-electron chi connectivity index (χ1n) is 38.1. The number of hydrogen-bond donors (Lipinski definition) is 3. The van der Waals surface area contributed by atoms with Gasteiger partial charge in [0.25, 0.3) is 0 Å². The maximum atomic E-state index is 11.7. The van der Waals surface area contributed by atoms with Gasteiger partial charge in [-0.25, -0.2) is 0 Å². The number of aromatic hydroxyl groups is 2. The molecule has 7 aliphatic carbocycles. The van der Waals surface area contributed by atoms with Crippen LogP contribution in [0.1, 0.15) is 215 Å². The van der Waals surface area contributed by atoms with E-state index in [1.165, 1.54) is 66.0 Å². The number of carbonyl (C=O) groups excluding carboxylic acids is 2. The quantitative estimate of drug-likeness (QED) is 0.0660. The number of ether oxygens (including phenoxy) is 1. The molecule has 0 amide bonds. The first-order chi connectivity index (χ1) is 50.3. The van der Waals surface area contributed by atoms with Crippen LogP contribution >= 0.6 is 41.8 Å². The summed E-state index contributed by atoms with van der Waals surface area (Å²) in [6.45, 7) is 51.9. The second-order valence-corrected chi connectivity index (χ2v) is 52.6. The molecule has 12 nitrogen and oxygen atoms in total. The molecule has 24 heteroatoms. The number of hydrogen-bond acceptors (Lipinski definition) is 10. The van der Waals surface area contributed by atoms with Gasteiger partial charge in [-0.2, -0.15) is 20.8 Å². The molecule has 13 rings (SSSR count).